The van der Waals surface area contributed by atoms with Crippen molar-refractivity contribution in [1.82, 2.24) is 9.80 Å². The van der Waals surface area contributed by atoms with Crippen LogP contribution in [0.1, 0.15) is 24.2 Å². The average molecular weight is 464 g/mol. The van der Waals surface area contributed by atoms with Crippen LogP contribution in [0.15, 0.2) is 53.4 Å². The number of halogens is 1. The Bertz CT molecular complexity index is 1050. The largest absolute Gasteiger partial charge is 0.449 e. The Hall–Kier alpha value is -2.98. The number of carbonyl (C=O) groups is 2. The van der Waals surface area contributed by atoms with Gasteiger partial charge < -0.3 is 14.5 Å². The summed E-state index contributed by atoms with van der Waals surface area (Å²) in [6.45, 7) is 7.31. The predicted octanol–water partition coefficient (Wildman–Crippen LogP) is 2.34. The van der Waals surface area contributed by atoms with Crippen LogP contribution in [-0.2, 0) is 19.6 Å². The molecule has 3 rings (SSSR count). The lowest BCUT2D eigenvalue weighted by atomic mass is 10.2. The molecule has 2 aromatic carbocycles. The molecule has 172 valence electrons. The van der Waals surface area contributed by atoms with Gasteiger partial charge in [-0.25, -0.2) is 17.6 Å². The maximum atomic E-state index is 13.0. The summed E-state index contributed by atoms with van der Waals surface area (Å²) in [6, 6.07) is 10.1. The van der Waals surface area contributed by atoms with E-state index in [0.717, 1.165) is 43.9 Å². The zero-order chi connectivity index (χ0) is 23.3. The second-order valence-corrected chi connectivity index (χ2v) is 9.13. The van der Waals surface area contributed by atoms with Gasteiger partial charge in [0.1, 0.15) is 5.82 Å². The van der Waals surface area contributed by atoms with Crippen molar-refractivity contribution in [2.45, 2.75) is 24.8 Å². The molecule has 1 amide bonds. The van der Waals surface area contributed by atoms with Crippen molar-refractivity contribution in [1.29, 1.82) is 0 Å². The number of nitrogens with one attached hydrogen (secondary N) is 1. The molecule has 1 heterocycles. The normalized spacial score (nSPS) is 15.8. The molecule has 1 fully saturated rings. The van der Waals surface area contributed by atoms with E-state index in [0.29, 0.717) is 13.1 Å². The molecule has 0 bridgehead atoms. The van der Waals surface area contributed by atoms with Gasteiger partial charge in [-0.1, -0.05) is 6.92 Å². The fraction of sp³-hybridized carbons (Fsp3) is 0.364. The highest BCUT2D eigenvalue weighted by molar-refractivity contribution is 7.92. The van der Waals surface area contributed by atoms with Crippen molar-refractivity contribution in [3.8, 4) is 0 Å². The number of carbonyl (C=O) groups excluding carboxylic acids is 2. The molecule has 1 saturated heterocycles. The Morgan fingerprint density at radius 2 is 1.62 bits per heavy atom. The van der Waals surface area contributed by atoms with Crippen molar-refractivity contribution in [3.05, 3.63) is 59.9 Å². The molecule has 32 heavy (non-hydrogen) atoms. The Balaban J connectivity index is 1.57. The number of likely N-dealkylation sites (N-methyl/N-ethyl adjacent to an activating group) is 1. The first-order valence-corrected chi connectivity index (χ1v) is 11.8. The zero-order valence-corrected chi connectivity index (χ0v) is 18.8. The summed E-state index contributed by atoms with van der Waals surface area (Å²) in [4.78, 5) is 28.8. The van der Waals surface area contributed by atoms with E-state index in [9.17, 15) is 22.4 Å². The highest BCUT2D eigenvalue weighted by Gasteiger charge is 2.27. The van der Waals surface area contributed by atoms with Crippen LogP contribution >= 0.6 is 0 Å². The lowest BCUT2D eigenvalue weighted by molar-refractivity contribution is -0.141. The van der Waals surface area contributed by atoms with Crippen LogP contribution in [0.5, 0.6) is 0 Å². The Kier molecular flexibility index (Phi) is 7.47. The van der Waals surface area contributed by atoms with Crippen molar-refractivity contribution in [2.24, 2.45) is 0 Å². The molecule has 1 N–H and O–H groups in total. The number of sulfonamides is 1. The molecular formula is C22H26FN3O5S. The highest BCUT2D eigenvalue weighted by atomic mass is 32.2. The molecule has 0 aromatic heterocycles. The minimum absolute atomic E-state index is 0.0884. The van der Waals surface area contributed by atoms with E-state index in [1.165, 1.54) is 31.2 Å². The molecule has 0 spiro atoms. The fourth-order valence-corrected chi connectivity index (χ4v) is 4.38. The SMILES string of the molecule is CCN1CCN(C(=O)C(C)OC(=O)c2ccc(NS(=O)(=O)c3ccc(F)cc3)cc2)CC1. The maximum Gasteiger partial charge on any atom is 0.338 e. The minimum Gasteiger partial charge on any atom is -0.449 e. The van der Waals surface area contributed by atoms with E-state index in [-0.39, 0.29) is 22.1 Å². The summed E-state index contributed by atoms with van der Waals surface area (Å²) in [6.07, 6.45) is -0.924. The van der Waals surface area contributed by atoms with Gasteiger partial charge in [0, 0.05) is 31.9 Å². The molecule has 8 nitrogen and oxygen atoms in total. The monoisotopic (exact) mass is 463 g/mol. The molecule has 0 radical (unpaired) electrons. The number of nitrogens with zero attached hydrogens (tertiary/aromatic N) is 2. The summed E-state index contributed by atoms with van der Waals surface area (Å²) in [5.41, 5.74) is 0.411. The van der Waals surface area contributed by atoms with Gasteiger partial charge in [-0.05, 0) is 62.0 Å². The standard InChI is InChI=1S/C22H26FN3O5S/c1-3-25-12-14-26(15-13-25)21(27)16(2)31-22(28)17-4-8-19(9-5-17)24-32(29,30)20-10-6-18(23)7-11-20/h4-11,16,24H,3,12-15H2,1-2H3. The number of hydrogen-bond donors (Lipinski definition) is 1. The van der Waals surface area contributed by atoms with Crippen LogP contribution in [0.25, 0.3) is 0 Å². The quantitative estimate of drug-likeness (QED) is 0.634. The third-order valence-corrected chi connectivity index (χ3v) is 6.66. The van der Waals surface area contributed by atoms with Crippen molar-refractivity contribution >= 4 is 27.6 Å². The molecule has 1 atom stereocenters. The number of ether oxygens (including phenoxy) is 1. The van der Waals surface area contributed by atoms with E-state index < -0.39 is 27.9 Å². The van der Waals surface area contributed by atoms with E-state index in [1.54, 1.807) is 4.90 Å². The van der Waals surface area contributed by atoms with Gasteiger partial charge in [0.2, 0.25) is 0 Å². The van der Waals surface area contributed by atoms with E-state index in [4.69, 9.17) is 4.74 Å². The van der Waals surface area contributed by atoms with Crippen LogP contribution in [0.3, 0.4) is 0 Å². The van der Waals surface area contributed by atoms with Gasteiger partial charge in [-0.2, -0.15) is 0 Å². The summed E-state index contributed by atoms with van der Waals surface area (Å²) in [7, 11) is -3.90. The predicted molar refractivity (Wildman–Crippen MR) is 117 cm³/mol. The number of amides is 1. The van der Waals surface area contributed by atoms with Gasteiger partial charge in [-0.15, -0.1) is 0 Å². The van der Waals surface area contributed by atoms with Gasteiger partial charge >= 0.3 is 5.97 Å². The van der Waals surface area contributed by atoms with Crippen LogP contribution in [0, 0.1) is 5.82 Å². The van der Waals surface area contributed by atoms with Crippen LogP contribution in [0.2, 0.25) is 0 Å². The third kappa shape index (κ3) is 5.83. The van der Waals surface area contributed by atoms with Gasteiger partial charge in [0.05, 0.1) is 10.5 Å². The van der Waals surface area contributed by atoms with Gasteiger partial charge in [-0.3, -0.25) is 9.52 Å². The molecule has 10 heteroatoms. The van der Waals surface area contributed by atoms with E-state index >= 15 is 0 Å². The van der Waals surface area contributed by atoms with E-state index in [2.05, 4.69) is 16.5 Å². The van der Waals surface area contributed by atoms with Gasteiger partial charge in [0.25, 0.3) is 15.9 Å². The molecular weight excluding hydrogens is 437 g/mol. The number of anilines is 1. The molecule has 1 unspecified atom stereocenters. The number of rotatable bonds is 7. The summed E-state index contributed by atoms with van der Waals surface area (Å²) < 4.78 is 45.4. The van der Waals surface area contributed by atoms with Crippen molar-refractivity contribution in [3.63, 3.8) is 0 Å². The Morgan fingerprint density at radius 1 is 1.03 bits per heavy atom. The first kappa shape index (κ1) is 23.7. The van der Waals surface area contributed by atoms with Crippen molar-refractivity contribution < 1.29 is 27.1 Å². The molecule has 0 aliphatic carbocycles. The lowest BCUT2D eigenvalue weighted by Crippen LogP contribution is -2.51. The summed E-state index contributed by atoms with van der Waals surface area (Å²) >= 11 is 0. The second kappa shape index (κ2) is 10.1. The number of piperazine rings is 1. The number of esters is 1. The Morgan fingerprint density at radius 3 is 2.19 bits per heavy atom. The molecule has 1 aliphatic heterocycles. The highest BCUT2D eigenvalue weighted by Crippen LogP contribution is 2.18. The van der Waals surface area contributed by atoms with Gasteiger partial charge in [0.15, 0.2) is 6.10 Å². The first-order valence-electron chi connectivity index (χ1n) is 10.3. The summed E-state index contributed by atoms with van der Waals surface area (Å²) in [5.74, 6) is -1.45. The van der Waals surface area contributed by atoms with Crippen LogP contribution < -0.4 is 4.72 Å². The number of hydrogen-bond acceptors (Lipinski definition) is 6. The molecule has 1 aliphatic rings. The average Bonchev–Trinajstić information content (AvgIpc) is 2.79. The zero-order valence-electron chi connectivity index (χ0n) is 18.0. The summed E-state index contributed by atoms with van der Waals surface area (Å²) in [5, 5.41) is 0. The first-order chi connectivity index (χ1) is 15.2. The number of benzene rings is 2. The van der Waals surface area contributed by atoms with Crippen LogP contribution in [-0.4, -0.2) is 68.9 Å². The van der Waals surface area contributed by atoms with Crippen molar-refractivity contribution in [2.75, 3.05) is 37.4 Å². The third-order valence-electron chi connectivity index (χ3n) is 5.26. The molecule has 2 aromatic rings. The van der Waals surface area contributed by atoms with E-state index in [1.807, 2.05) is 0 Å². The smallest absolute Gasteiger partial charge is 0.338 e. The fourth-order valence-electron chi connectivity index (χ4n) is 3.32. The molecule has 0 saturated carbocycles. The topological polar surface area (TPSA) is 96.0 Å². The lowest BCUT2D eigenvalue weighted by Gasteiger charge is -2.35. The maximum absolute atomic E-state index is 13.0. The Labute approximate surface area is 187 Å². The minimum atomic E-state index is -3.90. The second-order valence-electron chi connectivity index (χ2n) is 7.44. The van der Waals surface area contributed by atoms with Crippen LogP contribution in [0.4, 0.5) is 10.1 Å².